The summed E-state index contributed by atoms with van der Waals surface area (Å²) in [7, 11) is 0. The summed E-state index contributed by atoms with van der Waals surface area (Å²) < 4.78 is 42.2. The number of halogens is 3. The van der Waals surface area contributed by atoms with Crippen LogP contribution in [0.15, 0.2) is 60.2 Å². The van der Waals surface area contributed by atoms with E-state index in [4.69, 9.17) is 0 Å². The molecule has 0 aliphatic heterocycles. The van der Waals surface area contributed by atoms with Crippen LogP contribution in [0.3, 0.4) is 0 Å². The Balaban J connectivity index is 2.12. The molecule has 0 saturated carbocycles. The van der Waals surface area contributed by atoms with Crippen molar-refractivity contribution in [3.05, 3.63) is 77.0 Å². The molecule has 0 bridgehead atoms. The molecule has 4 aromatic rings. The first-order valence-corrected chi connectivity index (χ1v) is 9.60. The predicted molar refractivity (Wildman–Crippen MR) is 111 cm³/mol. The highest BCUT2D eigenvalue weighted by molar-refractivity contribution is 5.78. The Morgan fingerprint density at radius 3 is 2.50 bits per heavy atom. The Bertz CT molecular complexity index is 1350. The van der Waals surface area contributed by atoms with Gasteiger partial charge in [0.15, 0.2) is 0 Å². The molecule has 1 N–H and O–H groups in total. The fourth-order valence-electron chi connectivity index (χ4n) is 3.46. The Kier molecular flexibility index (Phi) is 5.25. The van der Waals surface area contributed by atoms with E-state index in [1.165, 1.54) is 44.7 Å². The second-order valence-corrected chi connectivity index (χ2v) is 7.91. The molecule has 0 spiro atoms. The second-order valence-electron chi connectivity index (χ2n) is 7.91. The Morgan fingerprint density at radius 1 is 1.09 bits per heavy atom. The molecule has 0 saturated heterocycles. The van der Waals surface area contributed by atoms with Crippen molar-refractivity contribution in [3.8, 4) is 16.9 Å². The topological polar surface area (TPSA) is 93.8 Å². The number of aliphatic hydroxyl groups is 1. The molecule has 0 amide bonds. The molecule has 0 atom stereocenters. The van der Waals surface area contributed by atoms with Gasteiger partial charge in [-0.2, -0.15) is 13.2 Å². The van der Waals surface area contributed by atoms with Crippen molar-refractivity contribution in [1.29, 1.82) is 0 Å². The van der Waals surface area contributed by atoms with Crippen LogP contribution < -0.4 is 5.56 Å². The molecule has 0 aromatic carbocycles. The highest BCUT2D eigenvalue weighted by Gasteiger charge is 2.35. The van der Waals surface area contributed by atoms with E-state index < -0.39 is 23.0 Å². The highest BCUT2D eigenvalue weighted by atomic mass is 19.4. The van der Waals surface area contributed by atoms with Crippen molar-refractivity contribution in [2.75, 3.05) is 0 Å². The zero-order valence-electron chi connectivity index (χ0n) is 17.1. The molecule has 0 fully saturated rings. The van der Waals surface area contributed by atoms with Crippen LogP contribution in [-0.4, -0.2) is 35.2 Å². The van der Waals surface area contributed by atoms with Crippen LogP contribution in [0.1, 0.15) is 25.1 Å². The largest absolute Gasteiger partial charge is 0.433 e. The van der Waals surface area contributed by atoms with Crippen molar-refractivity contribution in [1.82, 2.24) is 24.5 Å². The van der Waals surface area contributed by atoms with E-state index in [0.29, 0.717) is 11.1 Å². The third kappa shape index (κ3) is 4.22. The number of aromatic nitrogens is 5. The van der Waals surface area contributed by atoms with Crippen molar-refractivity contribution in [2.45, 2.75) is 32.0 Å². The quantitative estimate of drug-likeness (QED) is 0.521. The summed E-state index contributed by atoms with van der Waals surface area (Å²) in [6.45, 7) is 2.98. The Labute approximate surface area is 180 Å². The maximum absolute atomic E-state index is 13.7. The van der Waals surface area contributed by atoms with Crippen LogP contribution in [-0.2, 0) is 12.6 Å². The number of fused-ring (bicyclic) bond motifs is 1. The monoisotopic (exact) mass is 441 g/mol. The maximum atomic E-state index is 13.7. The lowest BCUT2D eigenvalue weighted by atomic mass is 9.91. The minimum absolute atomic E-state index is 0.116. The van der Waals surface area contributed by atoms with E-state index in [1.54, 1.807) is 12.1 Å². The van der Waals surface area contributed by atoms with Gasteiger partial charge in [0.1, 0.15) is 17.8 Å². The zero-order valence-corrected chi connectivity index (χ0v) is 17.1. The van der Waals surface area contributed by atoms with E-state index in [0.717, 1.165) is 17.0 Å². The molecule has 4 rings (SSSR count). The van der Waals surface area contributed by atoms with E-state index in [2.05, 4.69) is 19.9 Å². The molecule has 0 unspecified atom stereocenters. The number of alkyl halides is 3. The summed E-state index contributed by atoms with van der Waals surface area (Å²) in [6, 6.07) is 5.61. The normalized spacial score (nSPS) is 12.3. The molecule has 4 aromatic heterocycles. The first-order valence-electron chi connectivity index (χ1n) is 9.60. The summed E-state index contributed by atoms with van der Waals surface area (Å²) in [5.41, 5.74) is -1.92. The molecule has 10 heteroatoms. The van der Waals surface area contributed by atoms with Gasteiger partial charge in [0.2, 0.25) is 0 Å². The first-order chi connectivity index (χ1) is 15.0. The Morgan fingerprint density at radius 2 is 1.84 bits per heavy atom. The van der Waals surface area contributed by atoms with Gasteiger partial charge in [-0.25, -0.2) is 14.5 Å². The average Bonchev–Trinajstić information content (AvgIpc) is 2.72. The van der Waals surface area contributed by atoms with Gasteiger partial charge in [0, 0.05) is 36.1 Å². The van der Waals surface area contributed by atoms with Crippen LogP contribution in [0.25, 0.3) is 27.8 Å². The second kappa shape index (κ2) is 7.79. The summed E-state index contributed by atoms with van der Waals surface area (Å²) in [5.74, 6) is -0.247. The number of nitrogens with zero attached hydrogens (tertiary/aromatic N) is 5. The number of hydrogen-bond acceptors (Lipinski definition) is 6. The van der Waals surface area contributed by atoms with Crippen molar-refractivity contribution >= 4 is 10.9 Å². The smallest absolute Gasteiger partial charge is 0.390 e. The number of pyridine rings is 3. The molecule has 0 aliphatic carbocycles. The van der Waals surface area contributed by atoms with Crippen LogP contribution in [0.4, 0.5) is 13.2 Å². The Hall–Kier alpha value is -3.66. The minimum atomic E-state index is -4.77. The summed E-state index contributed by atoms with van der Waals surface area (Å²) >= 11 is 0. The van der Waals surface area contributed by atoms with Gasteiger partial charge in [0.25, 0.3) is 5.56 Å². The van der Waals surface area contributed by atoms with Crippen LogP contribution in [0.2, 0.25) is 0 Å². The van der Waals surface area contributed by atoms with E-state index >= 15 is 0 Å². The molecule has 0 aliphatic rings. The standard InChI is InChI=1S/C22H18F3N5O2/c1-21(2,32)9-14-8-17(22(23,24)25)29-19(18(14)13-4-3-6-26-10-13)30-12-28-16-11-27-7-5-15(16)20(30)31/h3-8,10-12,32H,9H2,1-2H3. The fraction of sp³-hybridized carbons (Fsp3) is 0.227. The van der Waals surface area contributed by atoms with E-state index in [9.17, 15) is 23.1 Å². The van der Waals surface area contributed by atoms with Crippen LogP contribution >= 0.6 is 0 Å². The third-order valence-corrected chi connectivity index (χ3v) is 4.74. The first kappa shape index (κ1) is 21.6. The average molecular weight is 441 g/mol. The molecule has 4 heterocycles. The number of hydrogen-bond donors (Lipinski definition) is 1. The summed E-state index contributed by atoms with van der Waals surface area (Å²) in [6.07, 6.45) is 2.02. The van der Waals surface area contributed by atoms with Crippen LogP contribution in [0.5, 0.6) is 0 Å². The molecule has 164 valence electrons. The van der Waals surface area contributed by atoms with Gasteiger partial charge in [0.05, 0.1) is 22.7 Å². The minimum Gasteiger partial charge on any atom is -0.390 e. The third-order valence-electron chi connectivity index (χ3n) is 4.74. The molecule has 32 heavy (non-hydrogen) atoms. The molecule has 7 nitrogen and oxygen atoms in total. The fourth-order valence-corrected chi connectivity index (χ4v) is 3.46. The maximum Gasteiger partial charge on any atom is 0.433 e. The van der Waals surface area contributed by atoms with Crippen molar-refractivity contribution < 1.29 is 18.3 Å². The SMILES string of the molecule is CC(C)(O)Cc1cc(C(F)(F)F)nc(-n2cnc3cnccc3c2=O)c1-c1cccnc1. The predicted octanol–water partition coefficient (Wildman–Crippen LogP) is 3.57. The van der Waals surface area contributed by atoms with Gasteiger partial charge in [-0.3, -0.25) is 14.8 Å². The lowest BCUT2D eigenvalue weighted by Crippen LogP contribution is -2.26. The van der Waals surface area contributed by atoms with E-state index in [1.807, 2.05) is 0 Å². The molecule has 0 radical (unpaired) electrons. The lowest BCUT2D eigenvalue weighted by Gasteiger charge is -2.23. The van der Waals surface area contributed by atoms with Gasteiger partial charge in [-0.15, -0.1) is 0 Å². The van der Waals surface area contributed by atoms with Crippen LogP contribution in [0, 0.1) is 0 Å². The highest BCUT2D eigenvalue weighted by Crippen LogP contribution is 2.36. The summed E-state index contributed by atoms with van der Waals surface area (Å²) in [4.78, 5) is 29.1. The van der Waals surface area contributed by atoms with Gasteiger partial charge >= 0.3 is 6.18 Å². The zero-order chi connectivity index (χ0) is 23.1. The van der Waals surface area contributed by atoms with Gasteiger partial charge in [-0.1, -0.05) is 6.07 Å². The lowest BCUT2D eigenvalue weighted by molar-refractivity contribution is -0.141. The van der Waals surface area contributed by atoms with Crippen molar-refractivity contribution in [2.24, 2.45) is 0 Å². The van der Waals surface area contributed by atoms with Crippen molar-refractivity contribution in [3.63, 3.8) is 0 Å². The summed E-state index contributed by atoms with van der Waals surface area (Å²) in [5, 5.41) is 10.6. The van der Waals surface area contributed by atoms with Gasteiger partial charge < -0.3 is 5.11 Å². The molecular weight excluding hydrogens is 423 g/mol. The van der Waals surface area contributed by atoms with Gasteiger partial charge in [-0.05, 0) is 37.6 Å². The van der Waals surface area contributed by atoms with E-state index in [-0.39, 0.29) is 28.8 Å². The number of rotatable bonds is 4. The molecular formula is C22H18F3N5O2.